The molecule has 0 spiro atoms. The van der Waals surface area contributed by atoms with Crippen LogP contribution in [0.4, 0.5) is 0 Å². The van der Waals surface area contributed by atoms with E-state index in [9.17, 15) is 4.79 Å². The van der Waals surface area contributed by atoms with E-state index in [1.807, 2.05) is 6.92 Å². The third kappa shape index (κ3) is 31.8. The zero-order valence-corrected chi connectivity index (χ0v) is 10.8. The number of rotatable bonds is 5. The standard InChI is InChI=1S/C8H16O2.C4H10O/c1-3-5-6-7-8(9)10-4-2;1-4(2,3)5/h3-7H2,1-2H3;5H,1-3H3. The van der Waals surface area contributed by atoms with Crippen molar-refractivity contribution in [1.29, 1.82) is 0 Å². The van der Waals surface area contributed by atoms with Gasteiger partial charge in [0.15, 0.2) is 0 Å². The lowest BCUT2D eigenvalue weighted by molar-refractivity contribution is -0.143. The number of ether oxygens (including phenoxy) is 1. The summed E-state index contributed by atoms with van der Waals surface area (Å²) >= 11 is 0. The first-order chi connectivity index (χ1) is 6.81. The summed E-state index contributed by atoms with van der Waals surface area (Å²) in [5.74, 6) is -0.0593. The van der Waals surface area contributed by atoms with Crippen LogP contribution in [0, 0.1) is 0 Å². The van der Waals surface area contributed by atoms with Crippen LogP contribution >= 0.6 is 0 Å². The quantitative estimate of drug-likeness (QED) is 0.570. The van der Waals surface area contributed by atoms with E-state index in [4.69, 9.17) is 9.84 Å². The molecule has 0 radical (unpaired) electrons. The van der Waals surface area contributed by atoms with Gasteiger partial charge >= 0.3 is 5.97 Å². The molecular formula is C12H26O3. The second-order valence-corrected chi connectivity index (χ2v) is 4.43. The molecule has 1 N–H and O–H groups in total. The van der Waals surface area contributed by atoms with Crippen molar-refractivity contribution in [3.8, 4) is 0 Å². The van der Waals surface area contributed by atoms with E-state index in [1.54, 1.807) is 20.8 Å². The van der Waals surface area contributed by atoms with Crippen molar-refractivity contribution in [2.24, 2.45) is 0 Å². The number of unbranched alkanes of at least 4 members (excludes halogenated alkanes) is 2. The van der Waals surface area contributed by atoms with E-state index in [2.05, 4.69) is 6.92 Å². The Morgan fingerprint density at radius 2 is 1.67 bits per heavy atom. The van der Waals surface area contributed by atoms with Crippen LogP contribution < -0.4 is 0 Å². The fourth-order valence-electron chi connectivity index (χ4n) is 0.752. The minimum atomic E-state index is -0.500. The monoisotopic (exact) mass is 218 g/mol. The third-order valence-corrected chi connectivity index (χ3v) is 1.29. The minimum absolute atomic E-state index is 0.0593. The fourth-order valence-corrected chi connectivity index (χ4v) is 0.752. The average Bonchev–Trinajstić information content (AvgIpc) is 2.02. The zero-order chi connectivity index (χ0) is 12.3. The van der Waals surface area contributed by atoms with Crippen molar-refractivity contribution in [2.45, 2.75) is 65.9 Å². The van der Waals surface area contributed by atoms with Gasteiger partial charge in [0.1, 0.15) is 0 Å². The van der Waals surface area contributed by atoms with Gasteiger partial charge in [-0.3, -0.25) is 4.79 Å². The highest BCUT2D eigenvalue weighted by atomic mass is 16.5. The molecular weight excluding hydrogens is 192 g/mol. The van der Waals surface area contributed by atoms with Gasteiger partial charge in [-0.1, -0.05) is 19.8 Å². The third-order valence-electron chi connectivity index (χ3n) is 1.29. The summed E-state index contributed by atoms with van der Waals surface area (Å²) in [4.78, 5) is 10.7. The molecule has 0 saturated heterocycles. The van der Waals surface area contributed by atoms with Crippen LogP contribution in [0.2, 0.25) is 0 Å². The summed E-state index contributed by atoms with van der Waals surface area (Å²) in [7, 11) is 0. The molecule has 92 valence electrons. The molecule has 3 nitrogen and oxygen atoms in total. The number of esters is 1. The fraction of sp³-hybridized carbons (Fsp3) is 0.917. The van der Waals surface area contributed by atoms with Crippen molar-refractivity contribution < 1.29 is 14.6 Å². The van der Waals surface area contributed by atoms with E-state index in [-0.39, 0.29) is 5.97 Å². The first-order valence-electron chi connectivity index (χ1n) is 5.69. The highest BCUT2D eigenvalue weighted by molar-refractivity contribution is 5.69. The van der Waals surface area contributed by atoms with Crippen molar-refractivity contribution in [2.75, 3.05) is 6.61 Å². The van der Waals surface area contributed by atoms with Crippen LogP contribution in [0.3, 0.4) is 0 Å². The van der Waals surface area contributed by atoms with Gasteiger partial charge in [-0.2, -0.15) is 0 Å². The predicted octanol–water partition coefficient (Wildman–Crippen LogP) is 2.91. The topological polar surface area (TPSA) is 46.5 Å². The van der Waals surface area contributed by atoms with Gasteiger partial charge < -0.3 is 9.84 Å². The summed E-state index contributed by atoms with van der Waals surface area (Å²) < 4.78 is 4.75. The molecule has 0 amide bonds. The molecule has 0 bridgehead atoms. The smallest absolute Gasteiger partial charge is 0.305 e. The molecule has 0 aromatic heterocycles. The Kier molecular flexibility index (Phi) is 11.2. The number of carbonyl (C=O) groups is 1. The van der Waals surface area contributed by atoms with Gasteiger partial charge in [0.05, 0.1) is 12.2 Å². The summed E-state index contributed by atoms with van der Waals surface area (Å²) in [5, 5.41) is 8.52. The lowest BCUT2D eigenvalue weighted by Gasteiger charge is -2.04. The number of hydrogen-bond acceptors (Lipinski definition) is 3. The van der Waals surface area contributed by atoms with Crippen LogP contribution in [0.25, 0.3) is 0 Å². The minimum Gasteiger partial charge on any atom is -0.466 e. The lowest BCUT2D eigenvalue weighted by atomic mass is 10.2. The van der Waals surface area contributed by atoms with Gasteiger partial charge in [0, 0.05) is 6.42 Å². The Morgan fingerprint density at radius 1 is 1.20 bits per heavy atom. The maximum atomic E-state index is 10.7. The van der Waals surface area contributed by atoms with Crippen LogP contribution in [0.15, 0.2) is 0 Å². The molecule has 0 aliphatic rings. The Hall–Kier alpha value is -0.570. The first-order valence-corrected chi connectivity index (χ1v) is 5.69. The van der Waals surface area contributed by atoms with Crippen LogP contribution in [0.5, 0.6) is 0 Å². The molecule has 0 aromatic carbocycles. The lowest BCUT2D eigenvalue weighted by Crippen LogP contribution is -2.10. The second-order valence-electron chi connectivity index (χ2n) is 4.43. The number of carbonyl (C=O) groups excluding carboxylic acids is 1. The zero-order valence-electron chi connectivity index (χ0n) is 10.8. The maximum absolute atomic E-state index is 10.7. The largest absolute Gasteiger partial charge is 0.466 e. The normalized spacial score (nSPS) is 10.3. The molecule has 0 heterocycles. The summed E-state index contributed by atoms with van der Waals surface area (Å²) in [6.45, 7) is 9.68. The second kappa shape index (κ2) is 9.97. The van der Waals surface area contributed by atoms with Gasteiger partial charge in [0.25, 0.3) is 0 Å². The number of aliphatic hydroxyl groups is 1. The molecule has 0 aromatic rings. The molecule has 3 heteroatoms. The van der Waals surface area contributed by atoms with E-state index >= 15 is 0 Å². The summed E-state index contributed by atoms with van der Waals surface area (Å²) in [5.41, 5.74) is -0.500. The van der Waals surface area contributed by atoms with Gasteiger partial charge in [0.2, 0.25) is 0 Å². The van der Waals surface area contributed by atoms with Gasteiger partial charge in [-0.05, 0) is 34.1 Å². The first kappa shape index (κ1) is 16.8. The molecule has 0 aliphatic carbocycles. The van der Waals surface area contributed by atoms with Crippen molar-refractivity contribution in [1.82, 2.24) is 0 Å². The maximum Gasteiger partial charge on any atom is 0.305 e. The Labute approximate surface area is 93.8 Å². The van der Waals surface area contributed by atoms with Crippen molar-refractivity contribution in [3.05, 3.63) is 0 Å². The molecule has 0 rings (SSSR count). The van der Waals surface area contributed by atoms with Crippen LogP contribution in [-0.4, -0.2) is 23.3 Å². The van der Waals surface area contributed by atoms with E-state index in [0.29, 0.717) is 13.0 Å². The predicted molar refractivity (Wildman–Crippen MR) is 62.7 cm³/mol. The van der Waals surface area contributed by atoms with E-state index in [0.717, 1.165) is 19.3 Å². The summed E-state index contributed by atoms with van der Waals surface area (Å²) in [6.07, 6.45) is 3.83. The Morgan fingerprint density at radius 3 is 2.00 bits per heavy atom. The Bertz CT molecular complexity index is 141. The van der Waals surface area contributed by atoms with Crippen LogP contribution in [-0.2, 0) is 9.53 Å². The molecule has 0 saturated carbocycles. The average molecular weight is 218 g/mol. The molecule has 0 atom stereocenters. The van der Waals surface area contributed by atoms with Crippen molar-refractivity contribution >= 4 is 5.97 Å². The SMILES string of the molecule is CC(C)(C)O.CCCCCC(=O)OCC. The highest BCUT2D eigenvalue weighted by Crippen LogP contribution is 1.99. The highest BCUT2D eigenvalue weighted by Gasteiger charge is 1.98. The van der Waals surface area contributed by atoms with E-state index < -0.39 is 5.60 Å². The molecule has 0 fully saturated rings. The molecule has 15 heavy (non-hydrogen) atoms. The van der Waals surface area contributed by atoms with Gasteiger partial charge in [-0.25, -0.2) is 0 Å². The molecule has 0 unspecified atom stereocenters. The molecule has 0 aliphatic heterocycles. The van der Waals surface area contributed by atoms with Crippen molar-refractivity contribution in [3.63, 3.8) is 0 Å². The number of hydrogen-bond donors (Lipinski definition) is 1. The Balaban J connectivity index is 0. The summed E-state index contributed by atoms with van der Waals surface area (Å²) in [6, 6.07) is 0. The van der Waals surface area contributed by atoms with Crippen LogP contribution in [0.1, 0.15) is 60.3 Å². The van der Waals surface area contributed by atoms with E-state index in [1.165, 1.54) is 0 Å². The van der Waals surface area contributed by atoms with Gasteiger partial charge in [-0.15, -0.1) is 0 Å².